The molecule has 2 N–H and O–H groups in total. The molecule has 0 bridgehead atoms. The van der Waals surface area contributed by atoms with Crippen molar-refractivity contribution in [2.24, 2.45) is 0 Å². The fraction of sp³-hybridized carbons (Fsp3) is 0.136. The summed E-state index contributed by atoms with van der Waals surface area (Å²) in [6, 6.07) is 17.2. The molecule has 1 aromatic heterocycles. The Morgan fingerprint density at radius 3 is 2.00 bits per heavy atom. The summed E-state index contributed by atoms with van der Waals surface area (Å²) >= 11 is 0. The van der Waals surface area contributed by atoms with Crippen LogP contribution in [-0.4, -0.2) is 26.3 Å². The lowest BCUT2D eigenvalue weighted by Crippen LogP contribution is -1.95. The highest BCUT2D eigenvalue weighted by atomic mass is 16.5. The summed E-state index contributed by atoms with van der Waals surface area (Å²) in [6.07, 6.45) is 0. The molecule has 0 saturated carbocycles. The first-order chi connectivity index (χ1) is 13.6. The van der Waals surface area contributed by atoms with Gasteiger partial charge < -0.3 is 24.4 Å². The predicted molar refractivity (Wildman–Crippen MR) is 109 cm³/mol. The Hall–Kier alpha value is -3.67. The number of anilines is 1. The summed E-state index contributed by atoms with van der Waals surface area (Å²) in [7, 11) is 4.79. The molecule has 0 radical (unpaired) electrons. The molecule has 28 heavy (non-hydrogen) atoms. The number of rotatable bonds is 5. The normalized spacial score (nSPS) is 10.8. The van der Waals surface area contributed by atoms with Gasteiger partial charge in [-0.1, -0.05) is 12.1 Å². The Kier molecular flexibility index (Phi) is 4.53. The number of ether oxygens (including phenoxy) is 3. The molecule has 0 aliphatic carbocycles. The van der Waals surface area contributed by atoms with Crippen molar-refractivity contribution in [1.82, 2.24) is 4.98 Å². The van der Waals surface area contributed by atoms with Crippen LogP contribution in [0.4, 0.5) is 5.69 Å². The Bertz CT molecular complexity index is 1110. The molecule has 4 rings (SSSR count). The Morgan fingerprint density at radius 2 is 1.39 bits per heavy atom. The van der Waals surface area contributed by atoms with Crippen molar-refractivity contribution in [2.45, 2.75) is 0 Å². The molecule has 6 heteroatoms. The van der Waals surface area contributed by atoms with E-state index in [9.17, 15) is 0 Å². The second-order valence-corrected chi connectivity index (χ2v) is 6.24. The zero-order valence-corrected chi connectivity index (χ0v) is 15.9. The smallest absolute Gasteiger partial charge is 0.227 e. The van der Waals surface area contributed by atoms with Crippen LogP contribution in [-0.2, 0) is 0 Å². The summed E-state index contributed by atoms with van der Waals surface area (Å²) in [5, 5.41) is 0. The van der Waals surface area contributed by atoms with Crippen LogP contribution in [0.25, 0.3) is 33.7 Å². The van der Waals surface area contributed by atoms with Crippen molar-refractivity contribution in [1.29, 1.82) is 0 Å². The molecule has 4 aromatic rings. The maximum atomic E-state index is 5.83. The minimum Gasteiger partial charge on any atom is -0.493 e. The maximum Gasteiger partial charge on any atom is 0.227 e. The molecular formula is C22H20N2O4. The monoisotopic (exact) mass is 376 g/mol. The fourth-order valence-electron chi connectivity index (χ4n) is 3.12. The maximum absolute atomic E-state index is 5.83. The summed E-state index contributed by atoms with van der Waals surface area (Å²) in [6.45, 7) is 0. The average Bonchev–Trinajstić information content (AvgIpc) is 3.15. The first kappa shape index (κ1) is 17.7. The van der Waals surface area contributed by atoms with E-state index in [1.54, 1.807) is 33.5 Å². The van der Waals surface area contributed by atoms with Crippen molar-refractivity contribution in [3.05, 3.63) is 54.6 Å². The van der Waals surface area contributed by atoms with E-state index in [-0.39, 0.29) is 0 Å². The molecule has 0 amide bonds. The Morgan fingerprint density at radius 1 is 0.750 bits per heavy atom. The number of methoxy groups -OCH3 is 3. The van der Waals surface area contributed by atoms with E-state index >= 15 is 0 Å². The lowest BCUT2D eigenvalue weighted by molar-refractivity contribution is 0.324. The van der Waals surface area contributed by atoms with Gasteiger partial charge in [0.05, 0.1) is 21.3 Å². The van der Waals surface area contributed by atoms with Gasteiger partial charge in [0.1, 0.15) is 5.52 Å². The van der Waals surface area contributed by atoms with Crippen molar-refractivity contribution in [2.75, 3.05) is 27.1 Å². The second-order valence-electron chi connectivity index (χ2n) is 6.24. The molecular weight excluding hydrogens is 356 g/mol. The predicted octanol–water partition coefficient (Wildman–Crippen LogP) is 4.77. The van der Waals surface area contributed by atoms with Gasteiger partial charge in [-0.15, -0.1) is 0 Å². The third kappa shape index (κ3) is 3.09. The molecule has 1 heterocycles. The number of hydrogen-bond acceptors (Lipinski definition) is 6. The van der Waals surface area contributed by atoms with Crippen LogP contribution < -0.4 is 19.9 Å². The van der Waals surface area contributed by atoms with E-state index in [1.165, 1.54) is 0 Å². The van der Waals surface area contributed by atoms with Gasteiger partial charge in [-0.2, -0.15) is 0 Å². The molecule has 3 aromatic carbocycles. The SMILES string of the molecule is COc1cc(-c2ccc(-c3nc4cc(N)ccc4o3)cc2)cc(OC)c1OC. The van der Waals surface area contributed by atoms with Gasteiger partial charge in [0.15, 0.2) is 17.1 Å². The van der Waals surface area contributed by atoms with E-state index in [1.807, 2.05) is 42.5 Å². The van der Waals surface area contributed by atoms with Crippen LogP contribution in [0.15, 0.2) is 59.0 Å². The fourth-order valence-corrected chi connectivity index (χ4v) is 3.12. The average molecular weight is 376 g/mol. The highest BCUT2D eigenvalue weighted by Gasteiger charge is 2.15. The van der Waals surface area contributed by atoms with Crippen molar-refractivity contribution >= 4 is 16.8 Å². The van der Waals surface area contributed by atoms with Gasteiger partial charge >= 0.3 is 0 Å². The van der Waals surface area contributed by atoms with Gasteiger partial charge in [0, 0.05) is 11.3 Å². The van der Waals surface area contributed by atoms with Crippen LogP contribution >= 0.6 is 0 Å². The van der Waals surface area contributed by atoms with E-state index < -0.39 is 0 Å². The summed E-state index contributed by atoms with van der Waals surface area (Å²) < 4.78 is 22.1. The van der Waals surface area contributed by atoms with Gasteiger partial charge in [-0.3, -0.25) is 0 Å². The van der Waals surface area contributed by atoms with Crippen LogP contribution in [0.2, 0.25) is 0 Å². The number of aromatic nitrogens is 1. The zero-order valence-electron chi connectivity index (χ0n) is 15.9. The van der Waals surface area contributed by atoms with E-state index in [4.69, 9.17) is 24.4 Å². The number of nitrogens with zero attached hydrogens (tertiary/aromatic N) is 1. The lowest BCUT2D eigenvalue weighted by Gasteiger charge is -2.14. The number of hydrogen-bond donors (Lipinski definition) is 1. The third-order valence-electron chi connectivity index (χ3n) is 4.54. The van der Waals surface area contributed by atoms with Crippen molar-refractivity contribution < 1.29 is 18.6 Å². The largest absolute Gasteiger partial charge is 0.493 e. The molecule has 0 atom stereocenters. The first-order valence-corrected chi connectivity index (χ1v) is 8.70. The highest BCUT2D eigenvalue weighted by molar-refractivity contribution is 5.80. The van der Waals surface area contributed by atoms with Crippen molar-refractivity contribution in [3.8, 4) is 39.8 Å². The van der Waals surface area contributed by atoms with Crippen LogP contribution in [0.5, 0.6) is 17.2 Å². The molecule has 0 spiro atoms. The summed E-state index contributed by atoms with van der Waals surface area (Å²) in [5.74, 6) is 2.34. The topological polar surface area (TPSA) is 79.7 Å². The number of nitrogen functional groups attached to an aromatic ring is 1. The number of nitrogens with two attached hydrogens (primary N) is 1. The second kappa shape index (κ2) is 7.15. The molecule has 0 fully saturated rings. The standard InChI is InChI=1S/C22H20N2O4/c1-25-19-10-15(11-20(26-2)21(19)27-3)13-4-6-14(7-5-13)22-24-17-12-16(23)8-9-18(17)28-22/h4-12H,23H2,1-3H3. The number of fused-ring (bicyclic) bond motifs is 1. The van der Waals surface area contributed by atoms with Crippen LogP contribution in [0.1, 0.15) is 0 Å². The zero-order chi connectivity index (χ0) is 19.7. The van der Waals surface area contributed by atoms with Crippen LogP contribution in [0, 0.1) is 0 Å². The highest BCUT2D eigenvalue weighted by Crippen LogP contribution is 2.41. The van der Waals surface area contributed by atoms with E-state index in [2.05, 4.69) is 4.98 Å². The van der Waals surface area contributed by atoms with Gasteiger partial charge in [-0.25, -0.2) is 4.98 Å². The summed E-state index contributed by atoms with van der Waals surface area (Å²) in [5.41, 5.74) is 10.8. The molecule has 0 aliphatic heterocycles. The Balaban J connectivity index is 1.71. The Labute approximate surface area is 162 Å². The molecule has 142 valence electrons. The lowest BCUT2D eigenvalue weighted by atomic mass is 10.0. The minimum absolute atomic E-state index is 0.553. The number of oxazole rings is 1. The van der Waals surface area contributed by atoms with E-state index in [0.717, 1.165) is 22.2 Å². The van der Waals surface area contributed by atoms with Gasteiger partial charge in [-0.05, 0) is 53.6 Å². The summed E-state index contributed by atoms with van der Waals surface area (Å²) in [4.78, 5) is 4.52. The first-order valence-electron chi connectivity index (χ1n) is 8.70. The molecule has 0 aliphatic rings. The molecule has 0 unspecified atom stereocenters. The van der Waals surface area contributed by atoms with Gasteiger partial charge in [0.2, 0.25) is 11.6 Å². The minimum atomic E-state index is 0.553. The van der Waals surface area contributed by atoms with Gasteiger partial charge in [0.25, 0.3) is 0 Å². The quantitative estimate of drug-likeness (QED) is 0.506. The number of benzene rings is 3. The third-order valence-corrected chi connectivity index (χ3v) is 4.54. The van der Waals surface area contributed by atoms with Crippen LogP contribution in [0.3, 0.4) is 0 Å². The molecule has 6 nitrogen and oxygen atoms in total. The van der Waals surface area contributed by atoms with Crippen molar-refractivity contribution in [3.63, 3.8) is 0 Å². The van der Waals surface area contributed by atoms with E-state index in [0.29, 0.717) is 34.4 Å². The molecule has 0 saturated heterocycles.